The molecule has 1 atom stereocenters. The van der Waals surface area contributed by atoms with Crippen molar-refractivity contribution >= 4 is 5.91 Å². The van der Waals surface area contributed by atoms with E-state index in [-0.39, 0.29) is 23.7 Å². The lowest BCUT2D eigenvalue weighted by Crippen LogP contribution is -2.43. The van der Waals surface area contributed by atoms with Crippen molar-refractivity contribution in [1.29, 1.82) is 0 Å². The molecule has 5 heteroatoms. The van der Waals surface area contributed by atoms with Gasteiger partial charge in [-0.3, -0.25) is 9.69 Å². The molecule has 0 aliphatic carbocycles. The van der Waals surface area contributed by atoms with Gasteiger partial charge in [-0.1, -0.05) is 18.2 Å². The molecule has 0 bridgehead atoms. The van der Waals surface area contributed by atoms with E-state index < -0.39 is 0 Å². The minimum absolute atomic E-state index is 0.0651. The number of carbonyl (C=O) groups excluding carboxylic acids is 1. The maximum atomic E-state index is 13.9. The van der Waals surface area contributed by atoms with Crippen molar-refractivity contribution < 1.29 is 9.18 Å². The van der Waals surface area contributed by atoms with Gasteiger partial charge in [-0.15, -0.1) is 0 Å². The predicted octanol–water partition coefficient (Wildman–Crippen LogP) is 1.28. The molecule has 1 amide bonds. The van der Waals surface area contributed by atoms with E-state index in [4.69, 9.17) is 5.73 Å². The number of hydrogen-bond acceptors (Lipinski definition) is 3. The Kier molecular flexibility index (Phi) is 5.09. The molecule has 0 radical (unpaired) electrons. The zero-order chi connectivity index (χ0) is 14.5. The van der Waals surface area contributed by atoms with Crippen molar-refractivity contribution in [2.24, 2.45) is 11.7 Å². The van der Waals surface area contributed by atoms with Crippen LogP contribution < -0.4 is 11.1 Å². The van der Waals surface area contributed by atoms with Gasteiger partial charge in [0.1, 0.15) is 5.82 Å². The quantitative estimate of drug-likeness (QED) is 0.873. The highest BCUT2D eigenvalue weighted by atomic mass is 19.1. The number of benzene rings is 1. The maximum absolute atomic E-state index is 13.9. The van der Waals surface area contributed by atoms with E-state index in [0.29, 0.717) is 12.1 Å². The minimum Gasteiger partial charge on any atom is -0.359 e. The molecule has 1 unspecified atom stereocenters. The number of likely N-dealkylation sites (tertiary alicyclic amines) is 1. The molecule has 20 heavy (non-hydrogen) atoms. The highest BCUT2D eigenvalue weighted by Crippen LogP contribution is 2.27. The third kappa shape index (κ3) is 3.16. The lowest BCUT2D eigenvalue weighted by atomic mass is 9.93. The second-order valence-corrected chi connectivity index (χ2v) is 5.20. The number of halogens is 1. The highest BCUT2D eigenvalue weighted by molar-refractivity contribution is 5.78. The first-order valence-electron chi connectivity index (χ1n) is 7.07. The summed E-state index contributed by atoms with van der Waals surface area (Å²) in [5, 5.41) is 2.69. The first-order valence-corrected chi connectivity index (χ1v) is 7.07. The average molecular weight is 279 g/mol. The van der Waals surface area contributed by atoms with Gasteiger partial charge >= 0.3 is 0 Å². The Morgan fingerprint density at radius 1 is 1.45 bits per heavy atom. The largest absolute Gasteiger partial charge is 0.359 e. The molecule has 1 aliphatic heterocycles. The molecule has 1 aliphatic rings. The summed E-state index contributed by atoms with van der Waals surface area (Å²) in [4.78, 5) is 13.8. The molecule has 0 saturated carbocycles. The monoisotopic (exact) mass is 279 g/mol. The van der Waals surface area contributed by atoms with Gasteiger partial charge in [-0.05, 0) is 32.0 Å². The Bertz CT molecular complexity index is 458. The van der Waals surface area contributed by atoms with Gasteiger partial charge in [0.25, 0.3) is 0 Å². The van der Waals surface area contributed by atoms with Crippen LogP contribution in [0.4, 0.5) is 4.39 Å². The van der Waals surface area contributed by atoms with Crippen molar-refractivity contribution in [1.82, 2.24) is 10.2 Å². The van der Waals surface area contributed by atoms with Crippen LogP contribution in [0.5, 0.6) is 0 Å². The summed E-state index contributed by atoms with van der Waals surface area (Å²) in [5.74, 6) is -0.0495. The standard InChI is InChI=1S/C15H22FN3O/c1-18-15(20)11-6-8-19(9-7-11)14(10-17)12-4-2-3-5-13(12)16/h2-5,11,14H,6-10,17H2,1H3,(H,18,20). The molecule has 4 nitrogen and oxygen atoms in total. The molecule has 1 aromatic rings. The second-order valence-electron chi connectivity index (χ2n) is 5.20. The van der Waals surface area contributed by atoms with Gasteiger partial charge < -0.3 is 11.1 Å². The first-order chi connectivity index (χ1) is 9.67. The van der Waals surface area contributed by atoms with Crippen LogP contribution >= 0.6 is 0 Å². The molecule has 1 aromatic carbocycles. The van der Waals surface area contributed by atoms with E-state index in [9.17, 15) is 9.18 Å². The van der Waals surface area contributed by atoms with Gasteiger partial charge in [0.2, 0.25) is 5.91 Å². The number of nitrogens with zero attached hydrogens (tertiary/aromatic N) is 1. The van der Waals surface area contributed by atoms with Crippen LogP contribution in [0.25, 0.3) is 0 Å². The van der Waals surface area contributed by atoms with Crippen molar-refractivity contribution in [3.8, 4) is 0 Å². The van der Waals surface area contributed by atoms with Gasteiger partial charge in [-0.2, -0.15) is 0 Å². The molecule has 110 valence electrons. The van der Waals surface area contributed by atoms with Crippen LogP contribution in [-0.4, -0.2) is 37.5 Å². The van der Waals surface area contributed by atoms with E-state index in [2.05, 4.69) is 10.2 Å². The Morgan fingerprint density at radius 2 is 2.10 bits per heavy atom. The van der Waals surface area contributed by atoms with Crippen LogP contribution in [0.3, 0.4) is 0 Å². The number of nitrogens with one attached hydrogen (secondary N) is 1. The van der Waals surface area contributed by atoms with Gasteiger partial charge in [0.15, 0.2) is 0 Å². The lowest BCUT2D eigenvalue weighted by molar-refractivity contribution is -0.126. The summed E-state index contributed by atoms with van der Waals surface area (Å²) in [6, 6.07) is 6.66. The van der Waals surface area contributed by atoms with E-state index in [1.54, 1.807) is 19.2 Å². The van der Waals surface area contributed by atoms with Crippen LogP contribution in [0.15, 0.2) is 24.3 Å². The molecular formula is C15H22FN3O. The lowest BCUT2D eigenvalue weighted by Gasteiger charge is -2.36. The summed E-state index contributed by atoms with van der Waals surface area (Å²) in [7, 11) is 1.66. The fraction of sp³-hybridized carbons (Fsp3) is 0.533. The summed E-state index contributed by atoms with van der Waals surface area (Å²) < 4.78 is 13.9. The second kappa shape index (κ2) is 6.81. The summed E-state index contributed by atoms with van der Waals surface area (Å²) in [6.45, 7) is 1.92. The van der Waals surface area contributed by atoms with Crippen LogP contribution in [0.1, 0.15) is 24.4 Å². The molecule has 0 spiro atoms. The van der Waals surface area contributed by atoms with E-state index in [1.807, 2.05) is 6.07 Å². The van der Waals surface area contributed by atoms with Crippen LogP contribution in [0, 0.1) is 11.7 Å². The maximum Gasteiger partial charge on any atom is 0.222 e. The van der Waals surface area contributed by atoms with Crippen molar-refractivity contribution in [3.63, 3.8) is 0 Å². The van der Waals surface area contributed by atoms with Gasteiger partial charge in [0.05, 0.1) is 0 Å². The fourth-order valence-corrected chi connectivity index (χ4v) is 2.90. The van der Waals surface area contributed by atoms with Crippen molar-refractivity contribution in [2.45, 2.75) is 18.9 Å². The molecule has 0 aromatic heterocycles. The number of hydrogen-bond donors (Lipinski definition) is 2. The summed E-state index contributed by atoms with van der Waals surface area (Å²) in [5.41, 5.74) is 6.48. The number of amides is 1. The number of piperidine rings is 1. The van der Waals surface area contributed by atoms with E-state index in [0.717, 1.165) is 25.9 Å². The van der Waals surface area contributed by atoms with Gasteiger partial charge in [-0.25, -0.2) is 4.39 Å². The molecule has 2 rings (SSSR count). The minimum atomic E-state index is -0.212. The smallest absolute Gasteiger partial charge is 0.222 e. The van der Waals surface area contributed by atoms with Gasteiger partial charge in [0, 0.05) is 31.1 Å². The Morgan fingerprint density at radius 3 is 2.65 bits per heavy atom. The summed E-state index contributed by atoms with van der Waals surface area (Å²) >= 11 is 0. The van der Waals surface area contributed by atoms with Crippen molar-refractivity contribution in [2.75, 3.05) is 26.7 Å². The first kappa shape index (κ1) is 14.9. The number of nitrogens with two attached hydrogens (primary N) is 1. The molecule has 1 fully saturated rings. The van der Waals surface area contributed by atoms with Crippen molar-refractivity contribution in [3.05, 3.63) is 35.6 Å². The predicted molar refractivity (Wildman–Crippen MR) is 76.6 cm³/mol. The molecule has 3 N–H and O–H groups in total. The third-order valence-electron chi connectivity index (χ3n) is 4.07. The topological polar surface area (TPSA) is 58.4 Å². The SMILES string of the molecule is CNC(=O)C1CCN(C(CN)c2ccccc2F)CC1. The Hall–Kier alpha value is -1.46. The van der Waals surface area contributed by atoms with Crippen LogP contribution in [0.2, 0.25) is 0 Å². The summed E-state index contributed by atoms with van der Waals surface area (Å²) in [6.07, 6.45) is 1.59. The molecule has 1 heterocycles. The van der Waals surface area contributed by atoms with E-state index >= 15 is 0 Å². The Labute approximate surface area is 119 Å². The Balaban J connectivity index is 2.04. The normalized spacial score (nSPS) is 18.8. The number of rotatable bonds is 4. The average Bonchev–Trinajstić information content (AvgIpc) is 2.50. The highest BCUT2D eigenvalue weighted by Gasteiger charge is 2.29. The fourth-order valence-electron chi connectivity index (χ4n) is 2.90. The molecular weight excluding hydrogens is 257 g/mol. The van der Waals surface area contributed by atoms with Crippen LogP contribution in [-0.2, 0) is 4.79 Å². The molecule has 1 saturated heterocycles. The third-order valence-corrected chi connectivity index (χ3v) is 4.07. The zero-order valence-electron chi connectivity index (χ0n) is 11.8. The van der Waals surface area contributed by atoms with E-state index in [1.165, 1.54) is 6.07 Å². The number of carbonyl (C=O) groups is 1. The zero-order valence-corrected chi connectivity index (χ0v) is 11.8.